The lowest BCUT2D eigenvalue weighted by molar-refractivity contribution is -0.129. The van der Waals surface area contributed by atoms with Crippen LogP contribution in [-0.4, -0.2) is 23.5 Å². The summed E-state index contributed by atoms with van der Waals surface area (Å²) < 4.78 is 18.8. The molecule has 1 aliphatic heterocycles. The van der Waals surface area contributed by atoms with E-state index in [0.29, 0.717) is 36.4 Å². The molecule has 0 spiro atoms. The molecule has 120 valence electrons. The average molecular weight is 317 g/mol. The van der Waals surface area contributed by atoms with Crippen LogP contribution in [0.5, 0.6) is 0 Å². The molecule has 0 saturated carbocycles. The van der Waals surface area contributed by atoms with Crippen molar-refractivity contribution in [2.75, 3.05) is 6.54 Å². The minimum absolute atomic E-state index is 0.0277. The van der Waals surface area contributed by atoms with Crippen molar-refractivity contribution in [1.82, 2.24) is 15.8 Å². The summed E-state index contributed by atoms with van der Waals surface area (Å²) in [5, 5.41) is 9.26. The zero-order chi connectivity index (χ0) is 16.2. The maximum atomic E-state index is 13.7. The van der Waals surface area contributed by atoms with Gasteiger partial charge in [0, 0.05) is 19.0 Å². The molecule has 3 rings (SSSR count). The molecular weight excluding hydrogens is 301 g/mol. The van der Waals surface area contributed by atoms with Gasteiger partial charge < -0.3 is 15.2 Å². The topological polar surface area (TPSA) is 84.2 Å². The number of nitrogens with one attached hydrogen (secondary N) is 2. The van der Waals surface area contributed by atoms with Crippen LogP contribution in [0, 0.1) is 11.7 Å². The molecule has 2 aromatic rings. The Morgan fingerprint density at radius 3 is 3.00 bits per heavy atom. The minimum Gasteiger partial charge on any atom is -0.356 e. The highest BCUT2D eigenvalue weighted by Gasteiger charge is 2.24. The highest BCUT2D eigenvalue weighted by atomic mass is 19.1. The number of hydrogen-bond donors (Lipinski definition) is 2. The van der Waals surface area contributed by atoms with Crippen molar-refractivity contribution in [2.45, 2.75) is 19.4 Å². The van der Waals surface area contributed by atoms with Crippen molar-refractivity contribution >= 4 is 11.8 Å². The van der Waals surface area contributed by atoms with Gasteiger partial charge in [0.25, 0.3) is 0 Å². The zero-order valence-corrected chi connectivity index (χ0v) is 12.3. The molecule has 1 fully saturated rings. The van der Waals surface area contributed by atoms with Crippen LogP contribution < -0.4 is 10.6 Å². The van der Waals surface area contributed by atoms with Crippen LogP contribution in [0.4, 0.5) is 4.39 Å². The number of piperidine rings is 1. The van der Waals surface area contributed by atoms with Gasteiger partial charge in [-0.05, 0) is 18.6 Å². The van der Waals surface area contributed by atoms with Crippen molar-refractivity contribution in [1.29, 1.82) is 0 Å². The Kier molecular flexibility index (Phi) is 4.36. The van der Waals surface area contributed by atoms with Crippen molar-refractivity contribution in [3.05, 3.63) is 41.8 Å². The van der Waals surface area contributed by atoms with E-state index in [0.717, 1.165) is 0 Å². The van der Waals surface area contributed by atoms with Gasteiger partial charge in [0.1, 0.15) is 11.5 Å². The second kappa shape index (κ2) is 6.60. The fourth-order valence-corrected chi connectivity index (χ4v) is 2.46. The van der Waals surface area contributed by atoms with Crippen LogP contribution in [0.3, 0.4) is 0 Å². The summed E-state index contributed by atoms with van der Waals surface area (Å²) in [4.78, 5) is 23.1. The minimum atomic E-state index is -0.391. The van der Waals surface area contributed by atoms with Gasteiger partial charge in [0.15, 0.2) is 5.76 Å². The van der Waals surface area contributed by atoms with Crippen LogP contribution in [0.1, 0.15) is 18.5 Å². The van der Waals surface area contributed by atoms with E-state index in [4.69, 9.17) is 4.52 Å². The predicted octanol–water partition coefficient (Wildman–Crippen LogP) is 1.62. The first-order valence-corrected chi connectivity index (χ1v) is 7.38. The van der Waals surface area contributed by atoms with Crippen molar-refractivity contribution in [3.63, 3.8) is 0 Å². The largest absolute Gasteiger partial charge is 0.356 e. The summed E-state index contributed by atoms with van der Waals surface area (Å²) in [6.45, 7) is 0.547. The number of hydrogen-bond acceptors (Lipinski definition) is 4. The highest BCUT2D eigenvalue weighted by Crippen LogP contribution is 2.23. The van der Waals surface area contributed by atoms with Gasteiger partial charge in [0.05, 0.1) is 18.0 Å². The molecule has 1 unspecified atom stereocenters. The maximum absolute atomic E-state index is 13.7. The zero-order valence-electron chi connectivity index (χ0n) is 12.3. The molecule has 2 amide bonds. The smallest absolute Gasteiger partial charge is 0.225 e. The fraction of sp³-hybridized carbons (Fsp3) is 0.312. The quantitative estimate of drug-likeness (QED) is 0.897. The molecule has 1 saturated heterocycles. The van der Waals surface area contributed by atoms with E-state index in [1.165, 1.54) is 6.07 Å². The number of rotatable bonds is 4. The van der Waals surface area contributed by atoms with Gasteiger partial charge in [-0.1, -0.05) is 17.3 Å². The van der Waals surface area contributed by atoms with Crippen molar-refractivity contribution in [2.24, 2.45) is 5.92 Å². The number of nitrogens with zero attached hydrogens (tertiary/aromatic N) is 1. The monoisotopic (exact) mass is 317 g/mol. The van der Waals surface area contributed by atoms with Gasteiger partial charge in [0.2, 0.25) is 11.8 Å². The number of carbonyl (C=O) groups excluding carboxylic acids is 2. The molecule has 0 aliphatic carbocycles. The molecule has 2 N–H and O–H groups in total. The fourth-order valence-electron chi connectivity index (χ4n) is 2.46. The van der Waals surface area contributed by atoms with Crippen molar-refractivity contribution in [3.8, 4) is 11.3 Å². The third-order valence-electron chi connectivity index (χ3n) is 3.78. The summed E-state index contributed by atoms with van der Waals surface area (Å²) in [5.41, 5.74) is 0.837. The molecule has 1 atom stereocenters. The first-order valence-electron chi connectivity index (χ1n) is 7.38. The van der Waals surface area contributed by atoms with Crippen LogP contribution in [0.25, 0.3) is 11.3 Å². The van der Waals surface area contributed by atoms with E-state index in [2.05, 4.69) is 15.8 Å². The van der Waals surface area contributed by atoms with Crippen LogP contribution in [0.2, 0.25) is 0 Å². The molecule has 0 bridgehead atoms. The average Bonchev–Trinajstić information content (AvgIpc) is 3.02. The molecule has 1 aromatic heterocycles. The third-order valence-corrected chi connectivity index (χ3v) is 3.78. The summed E-state index contributed by atoms with van der Waals surface area (Å²) in [7, 11) is 0. The molecule has 7 heteroatoms. The number of benzene rings is 1. The number of halogens is 1. The Hall–Kier alpha value is -2.70. The van der Waals surface area contributed by atoms with E-state index < -0.39 is 5.82 Å². The van der Waals surface area contributed by atoms with E-state index >= 15 is 0 Å². The number of aromatic nitrogens is 1. The molecule has 0 radical (unpaired) electrons. The molecule has 6 nitrogen and oxygen atoms in total. The number of carbonyl (C=O) groups is 2. The third kappa shape index (κ3) is 3.56. The van der Waals surface area contributed by atoms with Crippen molar-refractivity contribution < 1.29 is 18.5 Å². The van der Waals surface area contributed by atoms with Gasteiger partial charge in [-0.3, -0.25) is 9.59 Å². The van der Waals surface area contributed by atoms with E-state index in [9.17, 15) is 14.0 Å². The SMILES string of the molecule is O=C1CCC(C(=O)NCc2cc(-c3ccccc3F)on2)CN1. The lowest BCUT2D eigenvalue weighted by Gasteiger charge is -2.21. The van der Waals surface area contributed by atoms with Crippen LogP contribution in [0.15, 0.2) is 34.9 Å². The van der Waals surface area contributed by atoms with E-state index in [-0.39, 0.29) is 24.3 Å². The normalized spacial score (nSPS) is 17.6. The van der Waals surface area contributed by atoms with Gasteiger partial charge in [-0.15, -0.1) is 0 Å². The number of amides is 2. The Morgan fingerprint density at radius 2 is 2.26 bits per heavy atom. The Balaban J connectivity index is 1.58. The van der Waals surface area contributed by atoms with Gasteiger partial charge in [-0.25, -0.2) is 4.39 Å². The Bertz CT molecular complexity index is 719. The summed E-state index contributed by atoms with van der Waals surface area (Å²) in [5.74, 6) is -0.472. The Labute approximate surface area is 132 Å². The lowest BCUT2D eigenvalue weighted by Crippen LogP contribution is -2.42. The molecule has 1 aromatic carbocycles. The van der Waals surface area contributed by atoms with Gasteiger partial charge in [-0.2, -0.15) is 0 Å². The first-order chi connectivity index (χ1) is 11.1. The van der Waals surface area contributed by atoms with E-state index in [1.54, 1.807) is 24.3 Å². The summed E-state index contributed by atoms with van der Waals surface area (Å²) in [6, 6.07) is 7.85. The molecule has 1 aliphatic rings. The van der Waals surface area contributed by atoms with Gasteiger partial charge >= 0.3 is 0 Å². The van der Waals surface area contributed by atoms with E-state index in [1.807, 2.05) is 0 Å². The molecule has 23 heavy (non-hydrogen) atoms. The Morgan fingerprint density at radius 1 is 1.43 bits per heavy atom. The van der Waals surface area contributed by atoms with Crippen LogP contribution >= 0.6 is 0 Å². The second-order valence-corrected chi connectivity index (χ2v) is 5.42. The molecule has 2 heterocycles. The standard InChI is InChI=1S/C16H16FN3O3/c17-13-4-2-1-3-12(13)14-7-11(20-23-14)9-19-16(22)10-5-6-15(21)18-8-10/h1-4,7,10H,5-6,8-9H2,(H,18,21)(H,19,22). The predicted molar refractivity (Wildman–Crippen MR) is 79.5 cm³/mol. The highest BCUT2D eigenvalue weighted by molar-refractivity contribution is 5.83. The summed E-state index contributed by atoms with van der Waals surface area (Å²) in [6.07, 6.45) is 0.899. The second-order valence-electron chi connectivity index (χ2n) is 5.42. The summed E-state index contributed by atoms with van der Waals surface area (Å²) >= 11 is 0. The maximum Gasteiger partial charge on any atom is 0.225 e. The van der Waals surface area contributed by atoms with Crippen LogP contribution in [-0.2, 0) is 16.1 Å². The molecular formula is C16H16FN3O3. The first kappa shape index (κ1) is 15.2. The lowest BCUT2D eigenvalue weighted by atomic mass is 9.98.